The van der Waals surface area contributed by atoms with Gasteiger partial charge in [-0.2, -0.15) is 0 Å². The first-order chi connectivity index (χ1) is 6.44. The second kappa shape index (κ2) is 2.95. The summed E-state index contributed by atoms with van der Waals surface area (Å²) < 4.78 is 22.6. The van der Waals surface area contributed by atoms with Crippen LogP contribution in [0.4, 0.5) is 0 Å². The minimum Gasteiger partial charge on any atom is -0.481 e. The van der Waals surface area contributed by atoms with Crippen LogP contribution in [0.25, 0.3) is 0 Å². The number of carbonyl (C=O) groups is 1. The van der Waals surface area contributed by atoms with Gasteiger partial charge in [-0.25, -0.2) is 8.42 Å². The Kier molecular flexibility index (Phi) is 2.10. The van der Waals surface area contributed by atoms with Crippen LogP contribution < -0.4 is 0 Å². The molecule has 4 nitrogen and oxygen atoms in total. The fraction of sp³-hybridized carbons (Fsp3) is 0.889. The first-order valence-corrected chi connectivity index (χ1v) is 6.70. The molecule has 1 N–H and O–H groups in total. The summed E-state index contributed by atoms with van der Waals surface area (Å²) in [5, 5.41) is 9.11. The van der Waals surface area contributed by atoms with Crippen LogP contribution in [0, 0.1) is 11.3 Å². The van der Waals surface area contributed by atoms with Gasteiger partial charge in [0.25, 0.3) is 0 Å². The molecule has 0 aromatic heterocycles. The third kappa shape index (κ3) is 1.78. The van der Waals surface area contributed by atoms with Crippen LogP contribution in [0.1, 0.15) is 25.7 Å². The molecule has 1 saturated heterocycles. The van der Waals surface area contributed by atoms with E-state index in [1.165, 1.54) is 0 Å². The summed E-state index contributed by atoms with van der Waals surface area (Å²) >= 11 is 0. The molecule has 2 fully saturated rings. The van der Waals surface area contributed by atoms with Crippen molar-refractivity contribution in [3.05, 3.63) is 0 Å². The predicted octanol–water partition coefficient (Wildman–Crippen LogP) is 0.676. The fourth-order valence-electron chi connectivity index (χ4n) is 2.21. The molecule has 14 heavy (non-hydrogen) atoms. The number of hydrogen-bond donors (Lipinski definition) is 1. The van der Waals surface area contributed by atoms with Gasteiger partial charge in [-0.15, -0.1) is 0 Å². The van der Waals surface area contributed by atoms with Crippen LogP contribution in [-0.2, 0) is 14.6 Å². The molecule has 0 amide bonds. The van der Waals surface area contributed by atoms with Crippen LogP contribution in [0.5, 0.6) is 0 Å². The lowest BCUT2D eigenvalue weighted by Gasteiger charge is -2.21. The molecular weight excluding hydrogens is 204 g/mol. The van der Waals surface area contributed by atoms with Crippen molar-refractivity contribution in [3.8, 4) is 0 Å². The van der Waals surface area contributed by atoms with Gasteiger partial charge in [0.15, 0.2) is 9.84 Å². The summed E-state index contributed by atoms with van der Waals surface area (Å²) in [4.78, 5) is 11.1. The molecule has 80 valence electrons. The van der Waals surface area contributed by atoms with Crippen LogP contribution in [0.3, 0.4) is 0 Å². The lowest BCUT2D eigenvalue weighted by Crippen LogP contribution is -2.32. The maximum absolute atomic E-state index is 11.3. The first-order valence-electron chi connectivity index (χ1n) is 4.87. The average Bonchev–Trinajstić information content (AvgIpc) is 2.78. The number of rotatable bonds is 3. The molecular formula is C9H14O4S. The number of sulfone groups is 1. The molecule has 0 aromatic carbocycles. The second-order valence-corrected chi connectivity index (χ2v) is 6.76. The maximum atomic E-state index is 11.3. The van der Waals surface area contributed by atoms with Crippen molar-refractivity contribution in [2.45, 2.75) is 25.7 Å². The van der Waals surface area contributed by atoms with E-state index in [9.17, 15) is 13.2 Å². The van der Waals surface area contributed by atoms with Gasteiger partial charge in [-0.3, -0.25) is 4.79 Å². The molecule has 1 saturated carbocycles. The van der Waals surface area contributed by atoms with E-state index >= 15 is 0 Å². The Morgan fingerprint density at radius 1 is 1.43 bits per heavy atom. The van der Waals surface area contributed by atoms with E-state index in [0.717, 1.165) is 12.8 Å². The highest BCUT2D eigenvalue weighted by Gasteiger charge is 2.50. The van der Waals surface area contributed by atoms with E-state index in [1.54, 1.807) is 0 Å². The average molecular weight is 218 g/mol. The molecule has 1 aliphatic carbocycles. The Morgan fingerprint density at radius 3 is 2.43 bits per heavy atom. The Bertz CT molecular complexity index is 355. The van der Waals surface area contributed by atoms with Crippen molar-refractivity contribution < 1.29 is 18.3 Å². The minimum absolute atomic E-state index is 0.0476. The van der Waals surface area contributed by atoms with Crippen LogP contribution in [0.15, 0.2) is 0 Å². The van der Waals surface area contributed by atoms with Gasteiger partial charge in [0.05, 0.1) is 16.9 Å². The molecule has 0 radical (unpaired) electrons. The Labute approximate surface area is 83.2 Å². The van der Waals surface area contributed by atoms with E-state index in [4.69, 9.17) is 5.11 Å². The quantitative estimate of drug-likeness (QED) is 0.756. The van der Waals surface area contributed by atoms with Gasteiger partial charge in [-0.05, 0) is 18.8 Å². The van der Waals surface area contributed by atoms with Crippen LogP contribution in [-0.4, -0.2) is 31.0 Å². The number of carboxylic acid groups (broad SMARTS) is 1. The van der Waals surface area contributed by atoms with Gasteiger partial charge < -0.3 is 5.11 Å². The first kappa shape index (κ1) is 9.96. The molecule has 1 heterocycles. The van der Waals surface area contributed by atoms with Gasteiger partial charge in [0.2, 0.25) is 0 Å². The standard InChI is InChI=1S/C9H14O4S/c10-8(11)9(5-7-1-2-7)3-4-14(12,13)6-9/h7H,1-6H2,(H,10,11). The smallest absolute Gasteiger partial charge is 0.310 e. The van der Waals surface area contributed by atoms with Crippen molar-refractivity contribution in [1.82, 2.24) is 0 Å². The van der Waals surface area contributed by atoms with E-state index < -0.39 is 21.2 Å². The Balaban J connectivity index is 2.19. The molecule has 2 aliphatic rings. The number of hydrogen-bond acceptors (Lipinski definition) is 3. The van der Waals surface area contributed by atoms with E-state index in [-0.39, 0.29) is 11.5 Å². The molecule has 0 aromatic rings. The minimum atomic E-state index is -3.10. The summed E-state index contributed by atoms with van der Waals surface area (Å²) in [6.45, 7) is 0. The summed E-state index contributed by atoms with van der Waals surface area (Å²) in [5.41, 5.74) is -0.958. The molecule has 2 rings (SSSR count). The van der Waals surface area contributed by atoms with Crippen LogP contribution in [0.2, 0.25) is 0 Å². The lowest BCUT2D eigenvalue weighted by atomic mass is 9.82. The second-order valence-electron chi connectivity index (χ2n) is 4.58. The van der Waals surface area contributed by atoms with E-state index in [1.807, 2.05) is 0 Å². The topological polar surface area (TPSA) is 71.4 Å². The highest BCUT2D eigenvalue weighted by molar-refractivity contribution is 7.91. The Morgan fingerprint density at radius 2 is 2.07 bits per heavy atom. The SMILES string of the molecule is O=C(O)C1(CC2CC2)CCS(=O)(=O)C1. The van der Waals surface area contributed by atoms with Crippen molar-refractivity contribution in [2.75, 3.05) is 11.5 Å². The van der Waals surface area contributed by atoms with Crippen molar-refractivity contribution in [1.29, 1.82) is 0 Å². The molecule has 0 bridgehead atoms. The highest BCUT2D eigenvalue weighted by Crippen LogP contribution is 2.45. The van der Waals surface area contributed by atoms with Crippen molar-refractivity contribution >= 4 is 15.8 Å². The van der Waals surface area contributed by atoms with Gasteiger partial charge in [0.1, 0.15) is 0 Å². The summed E-state index contributed by atoms with van der Waals surface area (Å²) in [6.07, 6.45) is 2.99. The fourth-order valence-corrected chi connectivity index (χ4v) is 4.28. The maximum Gasteiger partial charge on any atom is 0.310 e. The zero-order valence-corrected chi connectivity index (χ0v) is 8.72. The highest BCUT2D eigenvalue weighted by atomic mass is 32.2. The van der Waals surface area contributed by atoms with Gasteiger partial charge in [0, 0.05) is 0 Å². The van der Waals surface area contributed by atoms with Crippen molar-refractivity contribution in [2.24, 2.45) is 11.3 Å². The number of carboxylic acids is 1. The molecule has 0 spiro atoms. The molecule has 5 heteroatoms. The van der Waals surface area contributed by atoms with Gasteiger partial charge >= 0.3 is 5.97 Å². The van der Waals surface area contributed by atoms with E-state index in [0.29, 0.717) is 18.8 Å². The van der Waals surface area contributed by atoms with Gasteiger partial charge in [-0.1, -0.05) is 12.8 Å². The van der Waals surface area contributed by atoms with Crippen LogP contribution >= 0.6 is 0 Å². The molecule has 1 unspecified atom stereocenters. The summed E-state index contributed by atoms with van der Waals surface area (Å²) in [5.74, 6) is -0.567. The summed E-state index contributed by atoms with van der Waals surface area (Å²) in [7, 11) is -3.10. The largest absolute Gasteiger partial charge is 0.481 e. The number of aliphatic carboxylic acids is 1. The lowest BCUT2D eigenvalue weighted by molar-refractivity contribution is -0.148. The molecule has 1 aliphatic heterocycles. The summed E-state index contributed by atoms with van der Waals surface area (Å²) in [6, 6.07) is 0. The zero-order valence-electron chi connectivity index (χ0n) is 7.90. The van der Waals surface area contributed by atoms with Crippen molar-refractivity contribution in [3.63, 3.8) is 0 Å². The zero-order chi connectivity index (χ0) is 10.4. The Hall–Kier alpha value is -0.580. The molecule has 1 atom stereocenters. The normalized spacial score (nSPS) is 35.7. The van der Waals surface area contributed by atoms with E-state index in [2.05, 4.69) is 0 Å². The predicted molar refractivity (Wildman–Crippen MR) is 50.7 cm³/mol. The third-order valence-corrected chi connectivity index (χ3v) is 5.04. The third-order valence-electron chi connectivity index (χ3n) is 3.22. The monoisotopic (exact) mass is 218 g/mol.